The monoisotopic (exact) mass is 302 g/mol. The second kappa shape index (κ2) is 3.99. The van der Waals surface area contributed by atoms with E-state index >= 15 is 0 Å². The molecule has 7 heteroatoms. The fraction of sp³-hybridized carbons (Fsp3) is 0.200. The van der Waals surface area contributed by atoms with Crippen molar-refractivity contribution >= 4 is 27.5 Å². The van der Waals surface area contributed by atoms with Gasteiger partial charge in [-0.05, 0) is 22.9 Å². The zero-order chi connectivity index (χ0) is 12.7. The van der Waals surface area contributed by atoms with Crippen molar-refractivity contribution in [2.45, 2.75) is 6.92 Å². The highest BCUT2D eigenvalue weighted by atomic mass is 79.9. The Morgan fingerprint density at radius 1 is 1.65 bits per heavy atom. The molecule has 0 aliphatic carbocycles. The minimum Gasteiger partial charge on any atom is -0.492 e. The van der Waals surface area contributed by atoms with Gasteiger partial charge in [0.1, 0.15) is 0 Å². The summed E-state index contributed by atoms with van der Waals surface area (Å²) in [6.45, 7) is 1.51. The maximum Gasteiger partial charge on any atom is 0.354 e. The Bertz CT molecular complexity index is 624. The number of imidazole rings is 1. The molecule has 2 aromatic rings. The molecule has 0 amide bonds. The summed E-state index contributed by atoms with van der Waals surface area (Å²) >= 11 is 3.11. The molecule has 2 rings (SSSR count). The second-order valence-corrected chi connectivity index (χ2v) is 4.22. The van der Waals surface area contributed by atoms with E-state index < -0.39 is 11.8 Å². The molecule has 5 nitrogen and oxygen atoms in total. The van der Waals surface area contributed by atoms with E-state index in [0.29, 0.717) is 4.47 Å². The van der Waals surface area contributed by atoms with Crippen LogP contribution in [-0.4, -0.2) is 27.6 Å². The molecular formula is C10H8BrFN2O3. The van der Waals surface area contributed by atoms with Gasteiger partial charge in [0.05, 0.1) is 17.3 Å². The van der Waals surface area contributed by atoms with E-state index in [1.807, 2.05) is 0 Å². The molecule has 0 fully saturated rings. The number of aryl methyl sites for hydroxylation is 1. The first-order valence-electron chi connectivity index (χ1n) is 4.61. The lowest BCUT2D eigenvalue weighted by Crippen LogP contribution is -2.05. The lowest BCUT2D eigenvalue weighted by atomic mass is 10.3. The third-order valence-electron chi connectivity index (χ3n) is 2.35. The average Bonchev–Trinajstić information content (AvgIpc) is 2.55. The predicted molar refractivity (Wildman–Crippen MR) is 61.1 cm³/mol. The van der Waals surface area contributed by atoms with Gasteiger partial charge >= 0.3 is 5.97 Å². The number of pyridine rings is 1. The molecule has 0 aliphatic rings. The number of carboxylic acid groups (broad SMARTS) is 1. The highest BCUT2D eigenvalue weighted by Gasteiger charge is 2.21. The predicted octanol–water partition coefficient (Wildman–Crippen LogP) is 2.25. The second-order valence-electron chi connectivity index (χ2n) is 3.37. The van der Waals surface area contributed by atoms with Gasteiger partial charge in [0.25, 0.3) is 0 Å². The Hall–Kier alpha value is -1.63. The fourth-order valence-electron chi connectivity index (χ4n) is 1.65. The smallest absolute Gasteiger partial charge is 0.354 e. The van der Waals surface area contributed by atoms with E-state index in [9.17, 15) is 9.18 Å². The number of methoxy groups -OCH3 is 1. The molecule has 0 atom stereocenters. The summed E-state index contributed by atoms with van der Waals surface area (Å²) in [6.07, 6.45) is 1.42. The number of nitrogens with zero attached hydrogens (tertiary/aromatic N) is 2. The largest absolute Gasteiger partial charge is 0.492 e. The van der Waals surface area contributed by atoms with Gasteiger partial charge in [0, 0.05) is 6.20 Å². The van der Waals surface area contributed by atoms with E-state index in [1.165, 1.54) is 24.6 Å². The molecule has 0 aromatic carbocycles. The topological polar surface area (TPSA) is 63.8 Å². The van der Waals surface area contributed by atoms with Crippen molar-refractivity contribution in [2.75, 3.05) is 7.11 Å². The van der Waals surface area contributed by atoms with E-state index in [-0.39, 0.29) is 22.8 Å². The lowest BCUT2D eigenvalue weighted by molar-refractivity contribution is 0.0688. The molecule has 1 N–H and O–H groups in total. The first kappa shape index (κ1) is 11.8. The van der Waals surface area contributed by atoms with Crippen molar-refractivity contribution in [1.82, 2.24) is 9.38 Å². The lowest BCUT2D eigenvalue weighted by Gasteiger charge is -2.06. The van der Waals surface area contributed by atoms with Crippen molar-refractivity contribution in [3.63, 3.8) is 0 Å². The standard InChI is InChI=1S/C10H8BrFN2O3/c1-4-7(10(15)16)14-3-5(11)8(17-2)6(12)9(14)13-4/h3H,1-2H3,(H,15,16). The van der Waals surface area contributed by atoms with E-state index in [2.05, 4.69) is 20.9 Å². The summed E-state index contributed by atoms with van der Waals surface area (Å²) in [5.74, 6) is -1.86. The summed E-state index contributed by atoms with van der Waals surface area (Å²) < 4.78 is 20.3. The van der Waals surface area contributed by atoms with Gasteiger partial charge in [-0.1, -0.05) is 0 Å². The highest BCUT2D eigenvalue weighted by molar-refractivity contribution is 9.10. The third kappa shape index (κ3) is 1.66. The molecule has 0 unspecified atom stereocenters. The average molecular weight is 303 g/mol. The molecule has 17 heavy (non-hydrogen) atoms. The SMILES string of the molecule is COc1c(Br)cn2c(C(=O)O)c(C)nc2c1F. The van der Waals surface area contributed by atoms with Gasteiger partial charge in [0.15, 0.2) is 17.1 Å². The third-order valence-corrected chi connectivity index (χ3v) is 2.91. The Morgan fingerprint density at radius 2 is 2.29 bits per heavy atom. The number of carboxylic acids is 1. The Labute approximate surface area is 104 Å². The maximum atomic E-state index is 14.0. The maximum absolute atomic E-state index is 14.0. The minimum atomic E-state index is -1.16. The number of hydrogen-bond donors (Lipinski definition) is 1. The first-order chi connectivity index (χ1) is 7.97. The van der Waals surface area contributed by atoms with Gasteiger partial charge in [-0.2, -0.15) is 4.39 Å². The Kier molecular flexibility index (Phi) is 2.78. The zero-order valence-corrected chi connectivity index (χ0v) is 10.6. The number of halogens is 2. The quantitative estimate of drug-likeness (QED) is 0.924. The number of hydrogen-bond acceptors (Lipinski definition) is 3. The molecule has 90 valence electrons. The van der Waals surface area contributed by atoms with Crippen LogP contribution in [0, 0.1) is 12.7 Å². The van der Waals surface area contributed by atoms with Gasteiger partial charge in [0.2, 0.25) is 5.82 Å². The molecule has 2 heterocycles. The number of carbonyl (C=O) groups is 1. The van der Waals surface area contributed by atoms with E-state index in [1.54, 1.807) is 0 Å². The number of aromatic carboxylic acids is 1. The van der Waals surface area contributed by atoms with E-state index in [4.69, 9.17) is 9.84 Å². The van der Waals surface area contributed by atoms with Crippen LogP contribution < -0.4 is 4.74 Å². The van der Waals surface area contributed by atoms with Crippen molar-refractivity contribution in [2.24, 2.45) is 0 Å². The van der Waals surface area contributed by atoms with Crippen LogP contribution in [0.2, 0.25) is 0 Å². The highest BCUT2D eigenvalue weighted by Crippen LogP contribution is 2.31. The number of rotatable bonds is 2. The van der Waals surface area contributed by atoms with Crippen LogP contribution >= 0.6 is 15.9 Å². The molecule has 0 saturated heterocycles. The number of ether oxygens (including phenoxy) is 1. The van der Waals surface area contributed by atoms with Crippen molar-refractivity contribution < 1.29 is 19.0 Å². The Morgan fingerprint density at radius 3 is 2.82 bits per heavy atom. The van der Waals surface area contributed by atoms with Gasteiger partial charge in [-0.15, -0.1) is 0 Å². The normalized spacial score (nSPS) is 10.8. The summed E-state index contributed by atoms with van der Waals surface area (Å²) in [6, 6.07) is 0. The van der Waals surface area contributed by atoms with Crippen LogP contribution in [0.5, 0.6) is 5.75 Å². The van der Waals surface area contributed by atoms with Crippen molar-refractivity contribution in [3.8, 4) is 5.75 Å². The molecule has 0 saturated carbocycles. The van der Waals surface area contributed by atoms with Gasteiger partial charge in [-0.25, -0.2) is 9.78 Å². The Balaban J connectivity index is 2.91. The van der Waals surface area contributed by atoms with Crippen LogP contribution in [0.25, 0.3) is 5.65 Å². The van der Waals surface area contributed by atoms with Crippen LogP contribution in [0.3, 0.4) is 0 Å². The van der Waals surface area contributed by atoms with Gasteiger partial charge < -0.3 is 9.84 Å². The van der Waals surface area contributed by atoms with Crippen molar-refractivity contribution in [3.05, 3.63) is 27.9 Å². The van der Waals surface area contributed by atoms with E-state index in [0.717, 1.165) is 0 Å². The summed E-state index contributed by atoms with van der Waals surface area (Å²) in [7, 11) is 1.33. The molecule has 0 aliphatic heterocycles. The number of fused-ring (bicyclic) bond motifs is 1. The molecule has 2 aromatic heterocycles. The molecule has 0 bridgehead atoms. The molecular weight excluding hydrogens is 295 g/mol. The van der Waals surface area contributed by atoms with Gasteiger partial charge in [-0.3, -0.25) is 4.40 Å². The number of aromatic nitrogens is 2. The van der Waals surface area contributed by atoms with Crippen LogP contribution in [0.4, 0.5) is 4.39 Å². The van der Waals surface area contributed by atoms with Crippen LogP contribution in [0.15, 0.2) is 10.7 Å². The minimum absolute atomic E-state index is 0.000520. The van der Waals surface area contributed by atoms with Crippen LogP contribution in [0.1, 0.15) is 16.2 Å². The summed E-state index contributed by atoms with van der Waals surface area (Å²) in [5.41, 5.74) is 0.110. The first-order valence-corrected chi connectivity index (χ1v) is 5.40. The molecule has 0 radical (unpaired) electrons. The fourth-order valence-corrected chi connectivity index (χ4v) is 2.19. The summed E-state index contributed by atoms with van der Waals surface area (Å²) in [4.78, 5) is 14.9. The van der Waals surface area contributed by atoms with Crippen LogP contribution in [-0.2, 0) is 0 Å². The van der Waals surface area contributed by atoms with Crippen molar-refractivity contribution in [1.29, 1.82) is 0 Å². The zero-order valence-electron chi connectivity index (χ0n) is 8.99. The summed E-state index contributed by atoms with van der Waals surface area (Å²) in [5, 5.41) is 9.03. The molecule has 0 spiro atoms.